The normalized spacial score (nSPS) is 22.5. The number of nitrogens with two attached hydrogens (primary N) is 1. The Morgan fingerprint density at radius 2 is 2.15 bits per heavy atom. The highest BCUT2D eigenvalue weighted by atomic mass is 16.1. The second kappa shape index (κ2) is 7.44. The van der Waals surface area contributed by atoms with E-state index in [9.17, 15) is 4.79 Å². The van der Waals surface area contributed by atoms with E-state index in [0.29, 0.717) is 12.6 Å². The van der Waals surface area contributed by atoms with Gasteiger partial charge in [-0.25, -0.2) is 0 Å². The Bertz CT molecular complexity index is 444. The van der Waals surface area contributed by atoms with Crippen molar-refractivity contribution in [1.82, 2.24) is 5.32 Å². The molecule has 1 amide bonds. The number of hydrogen-bond donors (Lipinski definition) is 2. The van der Waals surface area contributed by atoms with Crippen molar-refractivity contribution >= 4 is 5.91 Å². The van der Waals surface area contributed by atoms with Crippen LogP contribution >= 0.6 is 0 Å². The van der Waals surface area contributed by atoms with E-state index in [0.717, 1.165) is 36.3 Å². The molecule has 0 radical (unpaired) electrons. The van der Waals surface area contributed by atoms with Crippen LogP contribution in [0.25, 0.3) is 0 Å². The lowest BCUT2D eigenvalue weighted by Crippen LogP contribution is -2.38. The van der Waals surface area contributed by atoms with Crippen LogP contribution in [0.1, 0.15) is 54.9 Å². The summed E-state index contributed by atoms with van der Waals surface area (Å²) < 4.78 is 0. The summed E-state index contributed by atoms with van der Waals surface area (Å²) in [5.74, 6) is 0.837. The fraction of sp³-hybridized carbons (Fsp3) is 0.588. The van der Waals surface area contributed by atoms with Crippen LogP contribution in [0.4, 0.5) is 0 Å². The van der Waals surface area contributed by atoms with Crippen LogP contribution in [0.2, 0.25) is 0 Å². The number of benzene rings is 1. The lowest BCUT2D eigenvalue weighted by atomic mass is 9.84. The van der Waals surface area contributed by atoms with Gasteiger partial charge in [-0.05, 0) is 43.4 Å². The predicted molar refractivity (Wildman–Crippen MR) is 82.7 cm³/mol. The molecular formula is C17H26N2O. The monoisotopic (exact) mass is 274 g/mol. The fourth-order valence-electron chi connectivity index (χ4n) is 3.17. The van der Waals surface area contributed by atoms with Gasteiger partial charge < -0.3 is 11.1 Å². The first-order valence-corrected chi connectivity index (χ1v) is 7.83. The molecule has 1 aliphatic carbocycles. The lowest BCUT2D eigenvalue weighted by molar-refractivity contribution is 0.0918. The maximum atomic E-state index is 12.5. The predicted octanol–water partition coefficient (Wildman–Crippen LogP) is 2.89. The molecule has 3 N–H and O–H groups in total. The minimum absolute atomic E-state index is 0.0656. The molecule has 3 heteroatoms. The van der Waals surface area contributed by atoms with E-state index in [4.69, 9.17) is 5.73 Å². The van der Waals surface area contributed by atoms with Crippen LogP contribution in [-0.2, 0) is 6.42 Å². The van der Waals surface area contributed by atoms with Gasteiger partial charge in [-0.15, -0.1) is 0 Å². The summed E-state index contributed by atoms with van der Waals surface area (Å²) in [5, 5.41) is 3.22. The zero-order chi connectivity index (χ0) is 14.4. The van der Waals surface area contributed by atoms with E-state index in [-0.39, 0.29) is 5.91 Å². The molecular weight excluding hydrogens is 248 g/mol. The Labute approximate surface area is 121 Å². The first kappa shape index (κ1) is 15.0. The molecule has 2 atom stereocenters. The number of hydrogen-bond acceptors (Lipinski definition) is 2. The maximum Gasteiger partial charge on any atom is 0.251 e. The molecule has 0 bridgehead atoms. The summed E-state index contributed by atoms with van der Waals surface area (Å²) in [4.78, 5) is 12.5. The Morgan fingerprint density at radius 1 is 1.35 bits per heavy atom. The summed E-state index contributed by atoms with van der Waals surface area (Å²) in [6.45, 7) is 2.82. The van der Waals surface area contributed by atoms with E-state index >= 15 is 0 Å². The van der Waals surface area contributed by atoms with Crippen LogP contribution < -0.4 is 11.1 Å². The average molecular weight is 274 g/mol. The minimum atomic E-state index is 0.0656. The Kier molecular flexibility index (Phi) is 5.60. The molecule has 0 heterocycles. The van der Waals surface area contributed by atoms with Crippen molar-refractivity contribution in [1.29, 1.82) is 0 Å². The van der Waals surface area contributed by atoms with Gasteiger partial charge in [-0.3, -0.25) is 4.79 Å². The summed E-state index contributed by atoms with van der Waals surface area (Å²) in [6, 6.07) is 8.13. The van der Waals surface area contributed by atoms with Crippen LogP contribution in [0.15, 0.2) is 24.3 Å². The molecule has 2 rings (SSSR count). The van der Waals surface area contributed by atoms with E-state index in [1.807, 2.05) is 24.3 Å². The van der Waals surface area contributed by atoms with Crippen molar-refractivity contribution in [2.45, 2.75) is 51.5 Å². The van der Waals surface area contributed by atoms with Crippen molar-refractivity contribution in [2.24, 2.45) is 11.7 Å². The highest BCUT2D eigenvalue weighted by molar-refractivity contribution is 5.95. The van der Waals surface area contributed by atoms with Gasteiger partial charge in [0.15, 0.2) is 0 Å². The van der Waals surface area contributed by atoms with Crippen molar-refractivity contribution in [3.63, 3.8) is 0 Å². The van der Waals surface area contributed by atoms with Gasteiger partial charge in [0, 0.05) is 11.6 Å². The van der Waals surface area contributed by atoms with Crippen LogP contribution in [0, 0.1) is 5.92 Å². The molecule has 1 aliphatic rings. The van der Waals surface area contributed by atoms with Crippen LogP contribution in [0.5, 0.6) is 0 Å². The largest absolute Gasteiger partial charge is 0.349 e. The summed E-state index contributed by atoms with van der Waals surface area (Å²) in [6.07, 6.45) is 6.76. The first-order chi connectivity index (χ1) is 9.74. The number of nitrogens with one attached hydrogen (secondary N) is 1. The van der Waals surface area contributed by atoms with Crippen molar-refractivity contribution in [2.75, 3.05) is 6.54 Å². The quantitative estimate of drug-likeness (QED) is 0.867. The minimum Gasteiger partial charge on any atom is -0.349 e. The van der Waals surface area contributed by atoms with Crippen molar-refractivity contribution in [3.8, 4) is 0 Å². The van der Waals surface area contributed by atoms with Gasteiger partial charge in [0.05, 0.1) is 0 Å². The number of carbonyl (C=O) groups is 1. The SMILES string of the molecule is CCC1CCCC(NC(=O)c2ccccc2CCN)C1. The van der Waals surface area contributed by atoms with E-state index in [2.05, 4.69) is 12.2 Å². The average Bonchev–Trinajstić information content (AvgIpc) is 2.48. The number of rotatable bonds is 5. The molecule has 1 fully saturated rings. The highest BCUT2D eigenvalue weighted by Crippen LogP contribution is 2.26. The van der Waals surface area contributed by atoms with Crippen LogP contribution in [-0.4, -0.2) is 18.5 Å². The Hall–Kier alpha value is -1.35. The maximum absolute atomic E-state index is 12.5. The molecule has 0 aromatic heterocycles. The smallest absolute Gasteiger partial charge is 0.251 e. The summed E-state index contributed by atoms with van der Waals surface area (Å²) >= 11 is 0. The summed E-state index contributed by atoms with van der Waals surface area (Å²) in [5.41, 5.74) is 7.46. The Morgan fingerprint density at radius 3 is 2.90 bits per heavy atom. The molecule has 2 unspecified atom stereocenters. The molecule has 0 aliphatic heterocycles. The third-order valence-electron chi connectivity index (χ3n) is 4.37. The van der Waals surface area contributed by atoms with Crippen molar-refractivity contribution in [3.05, 3.63) is 35.4 Å². The van der Waals surface area contributed by atoms with E-state index in [1.54, 1.807) is 0 Å². The molecule has 1 aromatic carbocycles. The number of carbonyl (C=O) groups excluding carboxylic acids is 1. The molecule has 3 nitrogen and oxygen atoms in total. The van der Waals surface area contributed by atoms with Gasteiger partial charge in [-0.1, -0.05) is 44.4 Å². The fourth-order valence-corrected chi connectivity index (χ4v) is 3.17. The topological polar surface area (TPSA) is 55.1 Å². The van der Waals surface area contributed by atoms with Crippen LogP contribution in [0.3, 0.4) is 0 Å². The second-order valence-electron chi connectivity index (χ2n) is 5.81. The molecule has 0 saturated heterocycles. The third kappa shape index (κ3) is 3.83. The number of amides is 1. The summed E-state index contributed by atoms with van der Waals surface area (Å²) in [7, 11) is 0. The molecule has 1 aromatic rings. The highest BCUT2D eigenvalue weighted by Gasteiger charge is 2.23. The zero-order valence-electron chi connectivity index (χ0n) is 12.4. The molecule has 0 spiro atoms. The van der Waals surface area contributed by atoms with Gasteiger partial charge >= 0.3 is 0 Å². The second-order valence-corrected chi connectivity index (χ2v) is 5.81. The zero-order valence-corrected chi connectivity index (χ0v) is 12.4. The first-order valence-electron chi connectivity index (χ1n) is 7.83. The van der Waals surface area contributed by atoms with Gasteiger partial charge in [-0.2, -0.15) is 0 Å². The van der Waals surface area contributed by atoms with Gasteiger partial charge in [0.2, 0.25) is 0 Å². The van der Waals surface area contributed by atoms with Gasteiger partial charge in [0.25, 0.3) is 5.91 Å². The lowest BCUT2D eigenvalue weighted by Gasteiger charge is -2.29. The standard InChI is InChI=1S/C17H26N2O/c1-2-13-6-5-8-15(12-13)19-17(20)16-9-4-3-7-14(16)10-11-18/h3-4,7,9,13,15H,2,5-6,8,10-12,18H2,1H3,(H,19,20). The van der Waals surface area contributed by atoms with E-state index < -0.39 is 0 Å². The molecule has 20 heavy (non-hydrogen) atoms. The van der Waals surface area contributed by atoms with Crippen molar-refractivity contribution < 1.29 is 4.79 Å². The van der Waals surface area contributed by atoms with E-state index in [1.165, 1.54) is 19.3 Å². The molecule has 110 valence electrons. The third-order valence-corrected chi connectivity index (χ3v) is 4.37. The Balaban J connectivity index is 2.01. The molecule has 1 saturated carbocycles. The van der Waals surface area contributed by atoms with Gasteiger partial charge in [0.1, 0.15) is 0 Å².